The van der Waals surface area contributed by atoms with Gasteiger partial charge in [0.2, 0.25) is 0 Å². The highest BCUT2D eigenvalue weighted by Gasteiger charge is 1.93. The smallest absolute Gasteiger partial charge is 0.303 e. The van der Waals surface area contributed by atoms with Gasteiger partial charge in [-0.1, -0.05) is 49.8 Å². The van der Waals surface area contributed by atoms with Crippen molar-refractivity contribution in [3.63, 3.8) is 0 Å². The number of carboxylic acid groups (broad SMARTS) is 1. The van der Waals surface area contributed by atoms with E-state index in [0.29, 0.717) is 6.42 Å². The zero-order valence-corrected chi connectivity index (χ0v) is 12.9. The highest BCUT2D eigenvalue weighted by atomic mass is 16.4. The van der Waals surface area contributed by atoms with Crippen LogP contribution in [0.5, 0.6) is 0 Å². The summed E-state index contributed by atoms with van der Waals surface area (Å²) in [6.07, 6.45) is 23.4. The summed E-state index contributed by atoms with van der Waals surface area (Å²) in [6.45, 7) is 2.20. The van der Waals surface area contributed by atoms with Crippen molar-refractivity contribution in [2.24, 2.45) is 0 Å². The van der Waals surface area contributed by atoms with E-state index in [1.54, 1.807) is 0 Å². The van der Waals surface area contributed by atoms with Crippen LogP contribution in [0.3, 0.4) is 0 Å². The van der Waals surface area contributed by atoms with Crippen LogP contribution in [0.15, 0.2) is 36.5 Å². The van der Waals surface area contributed by atoms with Gasteiger partial charge in [-0.3, -0.25) is 4.79 Å². The molecule has 0 radical (unpaired) electrons. The topological polar surface area (TPSA) is 37.3 Å². The van der Waals surface area contributed by atoms with Gasteiger partial charge >= 0.3 is 5.97 Å². The summed E-state index contributed by atoms with van der Waals surface area (Å²) in [5.74, 6) is -0.691. The van der Waals surface area contributed by atoms with Crippen molar-refractivity contribution in [2.45, 2.75) is 71.1 Å². The van der Waals surface area contributed by atoms with E-state index in [9.17, 15) is 4.79 Å². The molecule has 0 aromatic carbocycles. The predicted molar refractivity (Wildman–Crippen MR) is 86.9 cm³/mol. The summed E-state index contributed by atoms with van der Waals surface area (Å²) < 4.78 is 0. The van der Waals surface area contributed by atoms with E-state index in [1.165, 1.54) is 12.8 Å². The van der Waals surface area contributed by atoms with Gasteiger partial charge in [0.1, 0.15) is 0 Å². The van der Waals surface area contributed by atoms with E-state index < -0.39 is 5.97 Å². The van der Waals surface area contributed by atoms with Crippen molar-refractivity contribution >= 4 is 5.97 Å². The van der Waals surface area contributed by atoms with Gasteiger partial charge < -0.3 is 5.11 Å². The Morgan fingerprint density at radius 1 is 0.750 bits per heavy atom. The SMILES string of the molecule is CCCC=CCCC=CCCC=CCCCCC(=O)O. The number of unbranched alkanes of at least 4 members (excludes halogenated alkanes) is 5. The third-order valence-electron chi connectivity index (χ3n) is 2.97. The molecule has 1 N–H and O–H groups in total. The Morgan fingerprint density at radius 2 is 1.20 bits per heavy atom. The normalized spacial score (nSPS) is 12.1. The van der Waals surface area contributed by atoms with Crippen LogP contribution in [0, 0.1) is 0 Å². The van der Waals surface area contributed by atoms with Gasteiger partial charge in [0.15, 0.2) is 0 Å². The standard InChI is InChI=1S/C18H30O2/c1-2-3-4-5-6-7-8-9-10-11-12-13-14-15-16-17-18(19)20/h4-5,8-9,12-13H,2-3,6-7,10-11,14-17H2,1H3,(H,19,20). The highest BCUT2D eigenvalue weighted by Crippen LogP contribution is 2.03. The number of carboxylic acids is 1. The van der Waals surface area contributed by atoms with Gasteiger partial charge in [0.25, 0.3) is 0 Å². The molecule has 0 aliphatic heterocycles. The number of hydrogen-bond acceptors (Lipinski definition) is 1. The zero-order chi connectivity index (χ0) is 14.9. The van der Waals surface area contributed by atoms with Crippen LogP contribution in [0.2, 0.25) is 0 Å². The molecule has 2 nitrogen and oxygen atoms in total. The first kappa shape index (κ1) is 18.7. The van der Waals surface area contributed by atoms with Crippen LogP contribution in [-0.4, -0.2) is 11.1 Å². The lowest BCUT2D eigenvalue weighted by molar-refractivity contribution is -0.137. The Bertz CT molecular complexity index is 301. The summed E-state index contributed by atoms with van der Waals surface area (Å²) in [7, 11) is 0. The third kappa shape index (κ3) is 16.7. The molecule has 0 atom stereocenters. The minimum atomic E-state index is -0.691. The largest absolute Gasteiger partial charge is 0.481 e. The van der Waals surface area contributed by atoms with E-state index in [2.05, 4.69) is 43.4 Å². The molecule has 0 spiro atoms. The molecule has 0 heterocycles. The quantitative estimate of drug-likeness (QED) is 0.348. The van der Waals surface area contributed by atoms with Crippen molar-refractivity contribution in [1.29, 1.82) is 0 Å². The monoisotopic (exact) mass is 278 g/mol. The molecule has 0 saturated heterocycles. The summed E-state index contributed by atoms with van der Waals surface area (Å²) in [6, 6.07) is 0. The Hall–Kier alpha value is -1.31. The summed E-state index contributed by atoms with van der Waals surface area (Å²) in [5.41, 5.74) is 0. The van der Waals surface area contributed by atoms with E-state index >= 15 is 0 Å². The maximum Gasteiger partial charge on any atom is 0.303 e. The molecule has 0 rings (SSSR count). The Morgan fingerprint density at radius 3 is 1.65 bits per heavy atom. The van der Waals surface area contributed by atoms with Crippen LogP contribution in [0.25, 0.3) is 0 Å². The molecule has 0 fully saturated rings. The van der Waals surface area contributed by atoms with Crippen LogP contribution in [0.4, 0.5) is 0 Å². The molecule has 0 aromatic heterocycles. The van der Waals surface area contributed by atoms with E-state index in [1.807, 2.05) is 0 Å². The summed E-state index contributed by atoms with van der Waals surface area (Å²) in [5, 5.41) is 8.49. The van der Waals surface area contributed by atoms with Crippen LogP contribution in [-0.2, 0) is 4.79 Å². The third-order valence-corrected chi connectivity index (χ3v) is 2.97. The zero-order valence-electron chi connectivity index (χ0n) is 12.9. The number of rotatable bonds is 13. The molecule has 20 heavy (non-hydrogen) atoms. The second-order valence-corrected chi connectivity index (χ2v) is 5.00. The molecular weight excluding hydrogens is 248 g/mol. The lowest BCUT2D eigenvalue weighted by Crippen LogP contribution is -1.92. The number of hydrogen-bond donors (Lipinski definition) is 1. The fourth-order valence-corrected chi connectivity index (χ4v) is 1.80. The predicted octanol–water partition coefficient (Wildman–Crippen LogP) is 5.66. The van der Waals surface area contributed by atoms with Crippen molar-refractivity contribution in [3.8, 4) is 0 Å². The van der Waals surface area contributed by atoms with E-state index in [-0.39, 0.29) is 0 Å². The molecule has 0 unspecified atom stereocenters. The van der Waals surface area contributed by atoms with Crippen molar-refractivity contribution < 1.29 is 9.90 Å². The maximum atomic E-state index is 10.3. The molecule has 0 saturated carbocycles. The van der Waals surface area contributed by atoms with E-state index in [4.69, 9.17) is 5.11 Å². The maximum absolute atomic E-state index is 10.3. The molecule has 0 bridgehead atoms. The van der Waals surface area contributed by atoms with Gasteiger partial charge in [-0.05, 0) is 51.4 Å². The molecule has 0 aliphatic carbocycles. The average Bonchev–Trinajstić information content (AvgIpc) is 2.43. The molecular formula is C18H30O2. The lowest BCUT2D eigenvalue weighted by Gasteiger charge is -1.93. The van der Waals surface area contributed by atoms with Crippen LogP contribution in [0.1, 0.15) is 71.1 Å². The first-order valence-corrected chi connectivity index (χ1v) is 7.94. The van der Waals surface area contributed by atoms with Crippen molar-refractivity contribution in [3.05, 3.63) is 36.5 Å². The van der Waals surface area contributed by atoms with Crippen LogP contribution >= 0.6 is 0 Å². The lowest BCUT2D eigenvalue weighted by atomic mass is 10.1. The fraction of sp³-hybridized carbons (Fsp3) is 0.611. The Balaban J connectivity index is 3.27. The summed E-state index contributed by atoms with van der Waals surface area (Å²) in [4.78, 5) is 10.3. The first-order valence-electron chi connectivity index (χ1n) is 7.94. The van der Waals surface area contributed by atoms with Gasteiger partial charge in [-0.25, -0.2) is 0 Å². The fourth-order valence-electron chi connectivity index (χ4n) is 1.80. The Kier molecular flexibility index (Phi) is 14.7. The van der Waals surface area contributed by atoms with E-state index in [0.717, 1.165) is 44.9 Å². The molecule has 0 amide bonds. The second-order valence-electron chi connectivity index (χ2n) is 5.00. The van der Waals surface area contributed by atoms with Gasteiger partial charge in [0.05, 0.1) is 0 Å². The molecule has 0 aliphatic rings. The van der Waals surface area contributed by atoms with Crippen molar-refractivity contribution in [2.75, 3.05) is 0 Å². The first-order chi connectivity index (χ1) is 9.77. The van der Waals surface area contributed by atoms with Gasteiger partial charge in [0, 0.05) is 6.42 Å². The molecule has 0 aromatic rings. The van der Waals surface area contributed by atoms with Crippen molar-refractivity contribution in [1.82, 2.24) is 0 Å². The number of carbonyl (C=O) groups is 1. The minimum Gasteiger partial charge on any atom is -0.481 e. The average molecular weight is 278 g/mol. The molecule has 114 valence electrons. The minimum absolute atomic E-state index is 0.295. The van der Waals surface area contributed by atoms with Crippen LogP contribution < -0.4 is 0 Å². The van der Waals surface area contributed by atoms with Gasteiger partial charge in [-0.2, -0.15) is 0 Å². The Labute approximate surface area is 124 Å². The number of aliphatic carboxylic acids is 1. The molecule has 2 heteroatoms. The number of allylic oxidation sites excluding steroid dienone is 6. The highest BCUT2D eigenvalue weighted by molar-refractivity contribution is 5.66. The second kappa shape index (κ2) is 15.7. The summed E-state index contributed by atoms with van der Waals surface area (Å²) >= 11 is 0. The van der Waals surface area contributed by atoms with Gasteiger partial charge in [-0.15, -0.1) is 0 Å².